The number of hydrogen-bond acceptors (Lipinski definition) is 7. The SMILES string of the molecule is CC1CCCN(c2ncnc(Nc3ccc(Cl)cn3)c2[N+](=O)[O-])C1. The number of halogens is 1. The number of aromatic nitrogens is 3. The third kappa shape index (κ3) is 3.53. The Labute approximate surface area is 144 Å². The molecule has 3 rings (SSSR count). The molecule has 0 saturated carbocycles. The highest BCUT2D eigenvalue weighted by molar-refractivity contribution is 6.30. The summed E-state index contributed by atoms with van der Waals surface area (Å²) in [6.45, 7) is 3.63. The summed E-state index contributed by atoms with van der Waals surface area (Å²) in [6.07, 6.45) is 4.91. The van der Waals surface area contributed by atoms with E-state index in [2.05, 4.69) is 27.2 Å². The van der Waals surface area contributed by atoms with Gasteiger partial charge in [0.2, 0.25) is 11.6 Å². The van der Waals surface area contributed by atoms with E-state index in [1.165, 1.54) is 12.5 Å². The van der Waals surface area contributed by atoms with Gasteiger partial charge < -0.3 is 10.2 Å². The molecule has 1 N–H and O–H groups in total. The van der Waals surface area contributed by atoms with E-state index >= 15 is 0 Å². The van der Waals surface area contributed by atoms with Gasteiger partial charge in [-0.3, -0.25) is 10.1 Å². The first-order chi connectivity index (χ1) is 11.5. The van der Waals surface area contributed by atoms with Crippen LogP contribution in [-0.4, -0.2) is 33.0 Å². The van der Waals surface area contributed by atoms with Crippen molar-refractivity contribution in [3.63, 3.8) is 0 Å². The van der Waals surface area contributed by atoms with Crippen LogP contribution in [0.2, 0.25) is 5.02 Å². The number of piperidine rings is 1. The minimum Gasteiger partial charge on any atom is -0.350 e. The second-order valence-corrected chi connectivity index (χ2v) is 6.27. The van der Waals surface area contributed by atoms with Gasteiger partial charge in [0.15, 0.2) is 0 Å². The van der Waals surface area contributed by atoms with Crippen LogP contribution in [0.4, 0.5) is 23.1 Å². The van der Waals surface area contributed by atoms with Crippen molar-refractivity contribution in [3.8, 4) is 0 Å². The summed E-state index contributed by atoms with van der Waals surface area (Å²) >= 11 is 5.81. The van der Waals surface area contributed by atoms with E-state index in [9.17, 15) is 10.1 Å². The van der Waals surface area contributed by atoms with E-state index in [4.69, 9.17) is 11.6 Å². The first kappa shape index (κ1) is 16.4. The Balaban J connectivity index is 1.95. The van der Waals surface area contributed by atoms with E-state index in [0.29, 0.717) is 22.6 Å². The molecule has 1 aliphatic heterocycles. The lowest BCUT2D eigenvalue weighted by Gasteiger charge is -2.31. The lowest BCUT2D eigenvalue weighted by atomic mass is 10.0. The molecule has 8 nitrogen and oxygen atoms in total. The summed E-state index contributed by atoms with van der Waals surface area (Å²) < 4.78 is 0. The van der Waals surface area contributed by atoms with E-state index < -0.39 is 4.92 Å². The molecule has 0 bridgehead atoms. The highest BCUT2D eigenvalue weighted by Crippen LogP contribution is 2.35. The number of nitrogens with one attached hydrogen (secondary N) is 1. The predicted molar refractivity (Wildman–Crippen MR) is 91.8 cm³/mol. The van der Waals surface area contributed by atoms with Gasteiger partial charge in [-0.25, -0.2) is 15.0 Å². The summed E-state index contributed by atoms with van der Waals surface area (Å²) in [7, 11) is 0. The molecule has 9 heteroatoms. The zero-order chi connectivity index (χ0) is 17.1. The molecule has 2 aromatic rings. The molecule has 0 radical (unpaired) electrons. The molecular weight excluding hydrogens is 332 g/mol. The molecule has 2 aromatic heterocycles. The van der Waals surface area contributed by atoms with Crippen LogP contribution in [0.15, 0.2) is 24.7 Å². The van der Waals surface area contributed by atoms with Crippen molar-refractivity contribution in [1.82, 2.24) is 15.0 Å². The van der Waals surface area contributed by atoms with Gasteiger partial charge in [0.25, 0.3) is 0 Å². The van der Waals surface area contributed by atoms with Crippen molar-refractivity contribution in [2.45, 2.75) is 19.8 Å². The van der Waals surface area contributed by atoms with Crippen LogP contribution in [-0.2, 0) is 0 Å². The monoisotopic (exact) mass is 348 g/mol. The Morgan fingerprint density at radius 2 is 2.21 bits per heavy atom. The fourth-order valence-corrected chi connectivity index (χ4v) is 2.93. The Morgan fingerprint density at radius 1 is 1.38 bits per heavy atom. The summed E-state index contributed by atoms with van der Waals surface area (Å²) in [5.74, 6) is 1.37. The van der Waals surface area contributed by atoms with E-state index in [-0.39, 0.29) is 11.5 Å². The van der Waals surface area contributed by atoms with Gasteiger partial charge in [-0.1, -0.05) is 18.5 Å². The normalized spacial score (nSPS) is 17.6. The molecule has 1 unspecified atom stereocenters. The van der Waals surface area contributed by atoms with E-state index in [0.717, 1.165) is 25.9 Å². The van der Waals surface area contributed by atoms with Crippen LogP contribution < -0.4 is 10.2 Å². The molecule has 0 spiro atoms. The summed E-state index contributed by atoms with van der Waals surface area (Å²) in [5.41, 5.74) is -0.136. The zero-order valence-corrected chi connectivity index (χ0v) is 13.9. The Kier molecular flexibility index (Phi) is 4.75. The Morgan fingerprint density at radius 3 is 2.88 bits per heavy atom. The van der Waals surface area contributed by atoms with E-state index in [1.807, 2.05) is 4.90 Å². The van der Waals surface area contributed by atoms with Crippen molar-refractivity contribution in [2.24, 2.45) is 5.92 Å². The maximum atomic E-state index is 11.6. The third-order valence-electron chi connectivity index (χ3n) is 3.92. The molecule has 1 aliphatic rings. The van der Waals surface area contributed by atoms with Crippen molar-refractivity contribution >= 4 is 34.7 Å². The summed E-state index contributed by atoms with van der Waals surface area (Å²) in [6, 6.07) is 3.29. The number of anilines is 3. The summed E-state index contributed by atoms with van der Waals surface area (Å²) in [4.78, 5) is 25.4. The number of rotatable bonds is 4. The first-order valence-electron chi connectivity index (χ1n) is 7.67. The average Bonchev–Trinajstić information content (AvgIpc) is 2.56. The molecule has 126 valence electrons. The van der Waals surface area contributed by atoms with Gasteiger partial charge in [-0.2, -0.15) is 0 Å². The minimum atomic E-state index is -0.452. The second-order valence-electron chi connectivity index (χ2n) is 5.83. The smallest absolute Gasteiger partial charge is 0.350 e. The van der Waals surface area contributed by atoms with Gasteiger partial charge in [0, 0.05) is 19.3 Å². The predicted octanol–water partition coefficient (Wildman–Crippen LogP) is 3.41. The highest BCUT2D eigenvalue weighted by atomic mass is 35.5. The third-order valence-corrected chi connectivity index (χ3v) is 4.14. The quantitative estimate of drug-likeness (QED) is 0.667. The van der Waals surface area contributed by atoms with Gasteiger partial charge in [0.05, 0.1) is 9.95 Å². The zero-order valence-electron chi connectivity index (χ0n) is 13.1. The van der Waals surface area contributed by atoms with Crippen LogP contribution in [0.3, 0.4) is 0 Å². The number of nitrogens with zero attached hydrogens (tertiary/aromatic N) is 5. The highest BCUT2D eigenvalue weighted by Gasteiger charge is 2.29. The number of hydrogen-bond donors (Lipinski definition) is 1. The molecule has 1 saturated heterocycles. The Hall–Kier alpha value is -2.48. The van der Waals surface area contributed by atoms with Crippen molar-refractivity contribution in [3.05, 3.63) is 39.8 Å². The molecule has 3 heterocycles. The molecule has 0 aromatic carbocycles. The van der Waals surface area contributed by atoms with Crippen molar-refractivity contribution < 1.29 is 4.92 Å². The van der Waals surface area contributed by atoms with Crippen molar-refractivity contribution in [1.29, 1.82) is 0 Å². The van der Waals surface area contributed by atoms with Gasteiger partial charge in [-0.05, 0) is 30.9 Å². The number of pyridine rings is 1. The van der Waals surface area contributed by atoms with Gasteiger partial charge in [-0.15, -0.1) is 0 Å². The standard InChI is InChI=1S/C15H17ClN6O2/c1-10-3-2-6-21(8-10)15-13(22(23)24)14(18-9-19-15)20-12-5-4-11(16)7-17-12/h4-5,7,9-10H,2-3,6,8H2,1H3,(H,17,18,19,20). The molecular formula is C15H17ClN6O2. The maximum Gasteiger partial charge on any atom is 0.353 e. The average molecular weight is 349 g/mol. The fraction of sp³-hybridized carbons (Fsp3) is 0.400. The molecule has 24 heavy (non-hydrogen) atoms. The lowest BCUT2D eigenvalue weighted by molar-refractivity contribution is -0.383. The van der Waals surface area contributed by atoms with Crippen molar-refractivity contribution in [2.75, 3.05) is 23.3 Å². The molecule has 0 amide bonds. The Bertz CT molecular complexity index is 739. The van der Waals surface area contributed by atoms with Gasteiger partial charge in [0.1, 0.15) is 12.1 Å². The first-order valence-corrected chi connectivity index (χ1v) is 8.05. The van der Waals surface area contributed by atoms with Crippen LogP contribution in [0.1, 0.15) is 19.8 Å². The number of nitro groups is 1. The summed E-state index contributed by atoms with van der Waals surface area (Å²) in [5, 5.41) is 15.0. The molecule has 1 fully saturated rings. The largest absolute Gasteiger partial charge is 0.353 e. The molecule has 0 aliphatic carbocycles. The van der Waals surface area contributed by atoms with E-state index in [1.54, 1.807) is 12.1 Å². The molecule has 1 atom stereocenters. The lowest BCUT2D eigenvalue weighted by Crippen LogP contribution is -2.35. The van der Waals surface area contributed by atoms with Crippen LogP contribution in [0.25, 0.3) is 0 Å². The van der Waals surface area contributed by atoms with Gasteiger partial charge >= 0.3 is 5.69 Å². The second kappa shape index (κ2) is 6.96. The van der Waals surface area contributed by atoms with Crippen LogP contribution in [0.5, 0.6) is 0 Å². The van der Waals surface area contributed by atoms with Crippen LogP contribution >= 0.6 is 11.6 Å². The minimum absolute atomic E-state index is 0.123. The maximum absolute atomic E-state index is 11.6. The topological polar surface area (TPSA) is 97.1 Å². The fourth-order valence-electron chi connectivity index (χ4n) is 2.81. The van der Waals surface area contributed by atoms with Crippen LogP contribution in [0, 0.1) is 16.0 Å².